The van der Waals surface area contributed by atoms with E-state index in [0.29, 0.717) is 28.2 Å². The summed E-state index contributed by atoms with van der Waals surface area (Å²) in [5.41, 5.74) is 2.59. The Morgan fingerprint density at radius 1 is 1.23 bits per heavy atom. The maximum absolute atomic E-state index is 12.4. The van der Waals surface area contributed by atoms with E-state index in [9.17, 15) is 4.79 Å². The number of carbonyl (C=O) groups excluding carboxylic acids is 1. The molecule has 1 heterocycles. The van der Waals surface area contributed by atoms with Crippen LogP contribution in [-0.4, -0.2) is 26.4 Å². The van der Waals surface area contributed by atoms with E-state index >= 15 is 0 Å². The summed E-state index contributed by atoms with van der Waals surface area (Å²) < 4.78 is 7.79. The second kappa shape index (κ2) is 10.3. The summed E-state index contributed by atoms with van der Waals surface area (Å²) in [7, 11) is 0. The Balaban J connectivity index is 1.64. The van der Waals surface area contributed by atoms with Crippen molar-refractivity contribution in [3.8, 4) is 5.75 Å². The van der Waals surface area contributed by atoms with Crippen LogP contribution >= 0.6 is 23.4 Å². The van der Waals surface area contributed by atoms with Gasteiger partial charge in [0.15, 0.2) is 11.0 Å². The standard InChI is InChI=1S/C22H23ClN4O2S/c1-4-12-27-20(13-29-19-11-6-5-8-15(19)2)25-26-22(27)30-14-21(28)24-18-10-7-9-17(23)16(18)3/h4-11H,1,12-14H2,2-3H3,(H,24,28). The SMILES string of the molecule is C=CCn1c(COc2ccccc2C)nnc1SCC(=O)Nc1cccc(Cl)c1C. The third kappa shape index (κ3) is 5.43. The summed E-state index contributed by atoms with van der Waals surface area (Å²) in [5.74, 6) is 1.53. The first-order valence-electron chi connectivity index (χ1n) is 9.38. The number of anilines is 1. The molecule has 0 atom stereocenters. The van der Waals surface area contributed by atoms with Gasteiger partial charge in [-0.3, -0.25) is 9.36 Å². The van der Waals surface area contributed by atoms with Crippen molar-refractivity contribution < 1.29 is 9.53 Å². The van der Waals surface area contributed by atoms with Gasteiger partial charge in [0.25, 0.3) is 0 Å². The highest BCUT2D eigenvalue weighted by Gasteiger charge is 2.15. The zero-order valence-electron chi connectivity index (χ0n) is 16.9. The molecular weight excluding hydrogens is 420 g/mol. The van der Waals surface area contributed by atoms with E-state index in [4.69, 9.17) is 16.3 Å². The molecule has 0 spiro atoms. The van der Waals surface area contributed by atoms with Crippen molar-refractivity contribution in [1.82, 2.24) is 14.8 Å². The molecule has 3 rings (SSSR count). The molecule has 0 aliphatic rings. The van der Waals surface area contributed by atoms with Crippen molar-refractivity contribution in [2.24, 2.45) is 0 Å². The highest BCUT2D eigenvalue weighted by Crippen LogP contribution is 2.24. The molecule has 0 aliphatic heterocycles. The molecule has 1 aromatic heterocycles. The molecule has 1 N–H and O–H groups in total. The molecule has 0 fully saturated rings. The molecule has 0 saturated heterocycles. The molecular formula is C22H23ClN4O2S. The van der Waals surface area contributed by atoms with E-state index in [1.54, 1.807) is 18.2 Å². The van der Waals surface area contributed by atoms with Crippen molar-refractivity contribution in [2.45, 2.75) is 32.2 Å². The Kier molecular flexibility index (Phi) is 7.54. The van der Waals surface area contributed by atoms with Crippen LogP contribution in [0.25, 0.3) is 0 Å². The number of ether oxygens (including phenoxy) is 1. The van der Waals surface area contributed by atoms with Gasteiger partial charge in [-0.1, -0.05) is 53.7 Å². The van der Waals surface area contributed by atoms with Crippen molar-refractivity contribution in [1.29, 1.82) is 0 Å². The molecule has 0 unspecified atom stereocenters. The van der Waals surface area contributed by atoms with Crippen LogP contribution in [0.15, 0.2) is 60.3 Å². The van der Waals surface area contributed by atoms with Crippen molar-refractivity contribution in [3.63, 3.8) is 0 Å². The molecule has 2 aromatic carbocycles. The number of rotatable bonds is 9. The molecule has 0 radical (unpaired) electrons. The fourth-order valence-corrected chi connectivity index (χ4v) is 3.71. The van der Waals surface area contributed by atoms with Gasteiger partial charge in [0.1, 0.15) is 12.4 Å². The number of para-hydroxylation sites is 1. The minimum absolute atomic E-state index is 0.142. The van der Waals surface area contributed by atoms with Crippen molar-refractivity contribution >= 4 is 35.0 Å². The third-order valence-corrected chi connectivity index (χ3v) is 5.81. The average molecular weight is 443 g/mol. The first kappa shape index (κ1) is 21.9. The molecule has 6 nitrogen and oxygen atoms in total. The predicted octanol–water partition coefficient (Wildman–Crippen LogP) is 5.04. The number of halogens is 1. The molecule has 3 aromatic rings. The normalized spacial score (nSPS) is 10.6. The van der Waals surface area contributed by atoms with E-state index < -0.39 is 0 Å². The Morgan fingerprint density at radius 3 is 2.80 bits per heavy atom. The average Bonchev–Trinajstić information content (AvgIpc) is 3.11. The number of nitrogens with one attached hydrogen (secondary N) is 1. The number of allylic oxidation sites excluding steroid dienone is 1. The van der Waals surface area contributed by atoms with Crippen LogP contribution < -0.4 is 10.1 Å². The number of benzene rings is 2. The second-order valence-electron chi connectivity index (χ2n) is 6.60. The molecule has 1 amide bonds. The second-order valence-corrected chi connectivity index (χ2v) is 7.95. The van der Waals surface area contributed by atoms with Gasteiger partial charge in [-0.05, 0) is 43.2 Å². The number of amides is 1. The Labute approximate surface area is 185 Å². The summed E-state index contributed by atoms with van der Waals surface area (Å²) in [6, 6.07) is 13.2. The maximum atomic E-state index is 12.4. The predicted molar refractivity (Wildman–Crippen MR) is 121 cm³/mol. The van der Waals surface area contributed by atoms with E-state index in [-0.39, 0.29) is 18.3 Å². The van der Waals surface area contributed by atoms with E-state index in [0.717, 1.165) is 16.9 Å². The number of hydrogen-bond acceptors (Lipinski definition) is 5. The smallest absolute Gasteiger partial charge is 0.234 e. The van der Waals surface area contributed by atoms with Crippen LogP contribution in [0.3, 0.4) is 0 Å². The van der Waals surface area contributed by atoms with E-state index in [1.807, 2.05) is 48.7 Å². The van der Waals surface area contributed by atoms with Crippen LogP contribution in [0.1, 0.15) is 17.0 Å². The van der Waals surface area contributed by atoms with Gasteiger partial charge < -0.3 is 10.1 Å². The van der Waals surface area contributed by atoms with Gasteiger partial charge in [0.2, 0.25) is 5.91 Å². The van der Waals surface area contributed by atoms with Crippen LogP contribution in [0.5, 0.6) is 5.75 Å². The molecule has 0 bridgehead atoms. The van der Waals surface area contributed by atoms with Gasteiger partial charge in [-0.15, -0.1) is 16.8 Å². The van der Waals surface area contributed by atoms with Gasteiger partial charge in [0, 0.05) is 17.3 Å². The highest BCUT2D eigenvalue weighted by molar-refractivity contribution is 7.99. The fourth-order valence-electron chi connectivity index (χ4n) is 2.76. The van der Waals surface area contributed by atoms with E-state index in [2.05, 4.69) is 22.1 Å². The quantitative estimate of drug-likeness (QED) is 0.371. The first-order valence-corrected chi connectivity index (χ1v) is 10.7. The van der Waals surface area contributed by atoms with Crippen LogP contribution in [0.4, 0.5) is 5.69 Å². The lowest BCUT2D eigenvalue weighted by molar-refractivity contribution is -0.113. The molecule has 8 heteroatoms. The topological polar surface area (TPSA) is 69.0 Å². The van der Waals surface area contributed by atoms with E-state index in [1.165, 1.54) is 11.8 Å². The fraction of sp³-hybridized carbons (Fsp3) is 0.227. The van der Waals surface area contributed by atoms with Crippen molar-refractivity contribution in [2.75, 3.05) is 11.1 Å². The number of thioether (sulfide) groups is 1. The third-order valence-electron chi connectivity index (χ3n) is 4.43. The van der Waals surface area contributed by atoms with Gasteiger partial charge >= 0.3 is 0 Å². The van der Waals surface area contributed by atoms with Crippen molar-refractivity contribution in [3.05, 3.63) is 77.1 Å². The number of hydrogen-bond donors (Lipinski definition) is 1. The van der Waals surface area contributed by atoms with Crippen LogP contribution in [0, 0.1) is 13.8 Å². The summed E-state index contributed by atoms with van der Waals surface area (Å²) >= 11 is 7.42. The Hall–Kier alpha value is -2.77. The first-order chi connectivity index (χ1) is 14.5. The lowest BCUT2D eigenvalue weighted by Gasteiger charge is -2.11. The summed E-state index contributed by atoms with van der Waals surface area (Å²) in [5, 5.41) is 12.6. The summed E-state index contributed by atoms with van der Waals surface area (Å²) in [6.45, 7) is 8.46. The number of nitrogens with zero attached hydrogens (tertiary/aromatic N) is 3. The molecule has 30 heavy (non-hydrogen) atoms. The Morgan fingerprint density at radius 2 is 2.03 bits per heavy atom. The van der Waals surface area contributed by atoms with Gasteiger partial charge in [-0.2, -0.15) is 0 Å². The maximum Gasteiger partial charge on any atom is 0.234 e. The van der Waals surface area contributed by atoms with Gasteiger partial charge in [0.05, 0.1) is 5.75 Å². The lowest BCUT2D eigenvalue weighted by Crippen LogP contribution is -2.15. The minimum atomic E-state index is -0.142. The minimum Gasteiger partial charge on any atom is -0.485 e. The molecule has 0 saturated carbocycles. The van der Waals surface area contributed by atoms with Gasteiger partial charge in [-0.25, -0.2) is 0 Å². The largest absolute Gasteiger partial charge is 0.485 e. The molecule has 0 aliphatic carbocycles. The summed E-state index contributed by atoms with van der Waals surface area (Å²) in [6.07, 6.45) is 1.76. The zero-order chi connectivity index (χ0) is 21.5. The summed E-state index contributed by atoms with van der Waals surface area (Å²) in [4.78, 5) is 12.4. The molecule has 156 valence electrons. The zero-order valence-corrected chi connectivity index (χ0v) is 18.5. The number of aryl methyl sites for hydroxylation is 1. The number of aromatic nitrogens is 3. The Bertz CT molecular complexity index is 1050. The van der Waals surface area contributed by atoms with Crippen LogP contribution in [-0.2, 0) is 17.9 Å². The number of carbonyl (C=O) groups is 1. The van der Waals surface area contributed by atoms with Crippen LogP contribution in [0.2, 0.25) is 5.02 Å². The lowest BCUT2D eigenvalue weighted by atomic mass is 10.2. The monoisotopic (exact) mass is 442 g/mol. The highest BCUT2D eigenvalue weighted by atomic mass is 35.5.